The van der Waals surface area contributed by atoms with Crippen LogP contribution in [0.25, 0.3) is 0 Å². The van der Waals surface area contributed by atoms with Crippen LogP contribution in [0.2, 0.25) is 0 Å². The average molecular weight is 154 g/mol. The molecule has 2 N–H and O–H groups in total. The fraction of sp³-hybridized carbons (Fsp3) is 0.625. The van der Waals surface area contributed by atoms with Gasteiger partial charge in [0.15, 0.2) is 0 Å². The predicted molar refractivity (Wildman–Crippen MR) is 44.0 cm³/mol. The fourth-order valence-corrected chi connectivity index (χ4v) is 1.49. The molecule has 1 heterocycles. The van der Waals surface area contributed by atoms with E-state index in [0.717, 1.165) is 19.4 Å². The Bertz CT molecular complexity index is 167. The van der Waals surface area contributed by atoms with E-state index in [1.54, 1.807) is 4.90 Å². The van der Waals surface area contributed by atoms with Gasteiger partial charge in [0.1, 0.15) is 0 Å². The topological polar surface area (TPSA) is 46.3 Å². The van der Waals surface area contributed by atoms with Crippen LogP contribution >= 0.6 is 0 Å². The molecule has 1 fully saturated rings. The smallest absolute Gasteiger partial charge is 0.246 e. The normalized spacial score (nSPS) is 23.7. The first-order valence-corrected chi connectivity index (χ1v) is 3.92. The monoisotopic (exact) mass is 154 g/mol. The van der Waals surface area contributed by atoms with Crippen LogP contribution in [0.5, 0.6) is 0 Å². The third kappa shape index (κ3) is 1.60. The van der Waals surface area contributed by atoms with E-state index in [1.165, 1.54) is 6.08 Å². The Morgan fingerprint density at radius 2 is 2.55 bits per heavy atom. The zero-order chi connectivity index (χ0) is 8.27. The second-order valence-electron chi connectivity index (χ2n) is 2.77. The number of likely N-dealkylation sites (tertiary alicyclic amines) is 1. The molecule has 3 nitrogen and oxygen atoms in total. The zero-order valence-electron chi connectivity index (χ0n) is 6.62. The SMILES string of the molecule is C=CC(=O)N1CCC[C@H]1CN. The van der Waals surface area contributed by atoms with Crippen molar-refractivity contribution in [1.29, 1.82) is 0 Å². The molecule has 0 aromatic heterocycles. The van der Waals surface area contributed by atoms with Crippen LogP contribution in [0.4, 0.5) is 0 Å². The number of carbonyl (C=O) groups excluding carboxylic acids is 1. The first kappa shape index (κ1) is 8.27. The van der Waals surface area contributed by atoms with Crippen molar-refractivity contribution < 1.29 is 4.79 Å². The summed E-state index contributed by atoms with van der Waals surface area (Å²) >= 11 is 0. The van der Waals surface area contributed by atoms with Crippen LogP contribution in [-0.4, -0.2) is 29.9 Å². The van der Waals surface area contributed by atoms with Gasteiger partial charge in [-0.1, -0.05) is 6.58 Å². The van der Waals surface area contributed by atoms with Gasteiger partial charge in [-0.2, -0.15) is 0 Å². The average Bonchev–Trinajstić information content (AvgIpc) is 2.50. The second-order valence-corrected chi connectivity index (χ2v) is 2.77. The number of hydrogen-bond acceptors (Lipinski definition) is 2. The van der Waals surface area contributed by atoms with Crippen molar-refractivity contribution in [3.63, 3.8) is 0 Å². The van der Waals surface area contributed by atoms with E-state index in [-0.39, 0.29) is 11.9 Å². The molecule has 0 unspecified atom stereocenters. The number of rotatable bonds is 2. The maximum absolute atomic E-state index is 11.1. The second kappa shape index (κ2) is 3.53. The highest BCUT2D eigenvalue weighted by atomic mass is 16.2. The van der Waals surface area contributed by atoms with E-state index < -0.39 is 0 Å². The standard InChI is InChI=1S/C8H14N2O/c1-2-8(11)10-5-3-4-7(10)6-9/h2,7H,1,3-6,9H2/t7-/m0/s1. The summed E-state index contributed by atoms with van der Waals surface area (Å²) in [6, 6.07) is 0.250. The summed E-state index contributed by atoms with van der Waals surface area (Å²) in [6.07, 6.45) is 3.46. The van der Waals surface area contributed by atoms with Gasteiger partial charge in [-0.05, 0) is 18.9 Å². The van der Waals surface area contributed by atoms with Gasteiger partial charge in [0.25, 0.3) is 0 Å². The molecule has 0 aromatic carbocycles. The number of nitrogens with two attached hydrogens (primary N) is 1. The minimum atomic E-state index is 0.0120. The van der Waals surface area contributed by atoms with Gasteiger partial charge in [0.05, 0.1) is 0 Å². The molecule has 0 aromatic rings. The molecular formula is C8H14N2O. The Morgan fingerprint density at radius 3 is 3.09 bits per heavy atom. The predicted octanol–water partition coefficient (Wildman–Crippen LogP) is 0.122. The molecule has 1 saturated heterocycles. The molecule has 0 radical (unpaired) electrons. The van der Waals surface area contributed by atoms with Crippen molar-refractivity contribution in [2.24, 2.45) is 5.73 Å². The number of hydrogen-bond donors (Lipinski definition) is 1. The molecule has 1 rings (SSSR count). The van der Waals surface area contributed by atoms with Crippen molar-refractivity contribution in [2.75, 3.05) is 13.1 Å². The summed E-state index contributed by atoms with van der Waals surface area (Å²) in [5.74, 6) is 0.0120. The van der Waals surface area contributed by atoms with Gasteiger partial charge in [0, 0.05) is 19.1 Å². The molecule has 62 valence electrons. The maximum Gasteiger partial charge on any atom is 0.246 e. The van der Waals surface area contributed by atoms with E-state index in [2.05, 4.69) is 6.58 Å². The Balaban J connectivity index is 2.55. The molecule has 1 aliphatic heterocycles. The van der Waals surface area contributed by atoms with Crippen molar-refractivity contribution in [3.05, 3.63) is 12.7 Å². The van der Waals surface area contributed by atoms with Crippen molar-refractivity contribution >= 4 is 5.91 Å². The lowest BCUT2D eigenvalue weighted by Crippen LogP contribution is -2.38. The Labute approximate surface area is 66.9 Å². The van der Waals surface area contributed by atoms with Crippen LogP contribution in [0.3, 0.4) is 0 Å². The van der Waals surface area contributed by atoms with Crippen LogP contribution in [0.1, 0.15) is 12.8 Å². The van der Waals surface area contributed by atoms with Gasteiger partial charge in [0.2, 0.25) is 5.91 Å². The van der Waals surface area contributed by atoms with E-state index in [4.69, 9.17) is 5.73 Å². The van der Waals surface area contributed by atoms with Gasteiger partial charge < -0.3 is 10.6 Å². The molecule has 11 heavy (non-hydrogen) atoms. The van der Waals surface area contributed by atoms with Crippen molar-refractivity contribution in [2.45, 2.75) is 18.9 Å². The highest BCUT2D eigenvalue weighted by molar-refractivity contribution is 5.87. The Hall–Kier alpha value is -0.830. The van der Waals surface area contributed by atoms with Crippen molar-refractivity contribution in [3.8, 4) is 0 Å². The fourth-order valence-electron chi connectivity index (χ4n) is 1.49. The van der Waals surface area contributed by atoms with Gasteiger partial charge >= 0.3 is 0 Å². The molecule has 1 aliphatic rings. The molecular weight excluding hydrogens is 140 g/mol. The largest absolute Gasteiger partial charge is 0.335 e. The highest BCUT2D eigenvalue weighted by Crippen LogP contribution is 2.15. The summed E-state index contributed by atoms with van der Waals surface area (Å²) in [5, 5.41) is 0. The van der Waals surface area contributed by atoms with Crippen molar-refractivity contribution in [1.82, 2.24) is 4.90 Å². The van der Waals surface area contributed by atoms with Crippen LogP contribution in [0, 0.1) is 0 Å². The summed E-state index contributed by atoms with van der Waals surface area (Å²) < 4.78 is 0. The molecule has 1 amide bonds. The molecule has 0 aliphatic carbocycles. The highest BCUT2D eigenvalue weighted by Gasteiger charge is 2.25. The molecule has 1 atom stereocenters. The molecule has 3 heteroatoms. The van der Waals surface area contributed by atoms with E-state index in [1.807, 2.05) is 0 Å². The lowest BCUT2D eigenvalue weighted by molar-refractivity contribution is -0.126. The van der Waals surface area contributed by atoms with Gasteiger partial charge in [-0.3, -0.25) is 4.79 Å². The van der Waals surface area contributed by atoms with E-state index >= 15 is 0 Å². The summed E-state index contributed by atoms with van der Waals surface area (Å²) in [5.41, 5.74) is 5.49. The van der Waals surface area contributed by atoms with Gasteiger partial charge in [-0.15, -0.1) is 0 Å². The maximum atomic E-state index is 11.1. The molecule has 0 spiro atoms. The van der Waals surface area contributed by atoms with Crippen LogP contribution in [-0.2, 0) is 4.79 Å². The quantitative estimate of drug-likeness (QED) is 0.574. The lowest BCUT2D eigenvalue weighted by atomic mass is 10.2. The van der Waals surface area contributed by atoms with Gasteiger partial charge in [-0.25, -0.2) is 0 Å². The zero-order valence-corrected chi connectivity index (χ0v) is 6.62. The van der Waals surface area contributed by atoms with E-state index in [0.29, 0.717) is 6.54 Å². The summed E-state index contributed by atoms with van der Waals surface area (Å²) in [7, 11) is 0. The Kier molecular flexibility index (Phi) is 2.65. The first-order valence-electron chi connectivity index (χ1n) is 3.92. The summed E-state index contributed by atoms with van der Waals surface area (Å²) in [6.45, 7) is 4.85. The number of amides is 1. The van der Waals surface area contributed by atoms with E-state index in [9.17, 15) is 4.79 Å². The summed E-state index contributed by atoms with van der Waals surface area (Å²) in [4.78, 5) is 12.9. The number of carbonyl (C=O) groups is 1. The minimum absolute atomic E-state index is 0.0120. The molecule has 0 bridgehead atoms. The minimum Gasteiger partial charge on any atom is -0.335 e. The third-order valence-electron chi connectivity index (χ3n) is 2.11. The van der Waals surface area contributed by atoms with Crippen LogP contribution < -0.4 is 5.73 Å². The number of nitrogens with zero attached hydrogens (tertiary/aromatic N) is 1. The van der Waals surface area contributed by atoms with Crippen LogP contribution in [0.15, 0.2) is 12.7 Å². The molecule has 0 saturated carbocycles. The third-order valence-corrected chi connectivity index (χ3v) is 2.11. The lowest BCUT2D eigenvalue weighted by Gasteiger charge is -2.21. The first-order chi connectivity index (χ1) is 5.29. The Morgan fingerprint density at radius 1 is 1.82 bits per heavy atom.